The highest BCUT2D eigenvalue weighted by Gasteiger charge is 2.11. The molecule has 37 heavy (non-hydrogen) atoms. The number of esters is 2. The Morgan fingerprint density at radius 3 is 1.73 bits per heavy atom. The molecule has 0 radical (unpaired) electrons. The zero-order valence-electron chi connectivity index (χ0n) is 23.1. The molecule has 5 nitrogen and oxygen atoms in total. The fourth-order valence-electron chi connectivity index (χ4n) is 3.94. The maximum Gasteiger partial charge on any atom is 0.343 e. The maximum atomic E-state index is 12.3. The van der Waals surface area contributed by atoms with Crippen molar-refractivity contribution in [3.63, 3.8) is 0 Å². The summed E-state index contributed by atoms with van der Waals surface area (Å²) < 4.78 is 16.6. The Balaban J connectivity index is 1.44. The first-order valence-corrected chi connectivity index (χ1v) is 14.2. The minimum Gasteiger partial charge on any atom is -0.494 e. The van der Waals surface area contributed by atoms with Gasteiger partial charge in [0.15, 0.2) is 0 Å². The zero-order chi connectivity index (χ0) is 26.7. The van der Waals surface area contributed by atoms with Gasteiger partial charge in [-0.05, 0) is 67.6 Å². The molecule has 2 aromatic carbocycles. The molecule has 0 N–H and O–H groups in total. The molecular weight excluding hydrogens is 464 g/mol. The molecule has 0 saturated carbocycles. The van der Waals surface area contributed by atoms with Gasteiger partial charge in [0.1, 0.15) is 11.5 Å². The summed E-state index contributed by atoms with van der Waals surface area (Å²) in [5.74, 6) is 0.929. The number of hydrogen-bond donors (Lipinski definition) is 0. The Bertz CT molecular complexity index is 888. The molecule has 0 aliphatic rings. The van der Waals surface area contributed by atoms with Crippen LogP contribution in [0, 0.1) is 5.92 Å². The van der Waals surface area contributed by atoms with E-state index in [4.69, 9.17) is 14.2 Å². The molecule has 0 aliphatic heterocycles. The van der Waals surface area contributed by atoms with Crippen LogP contribution in [0.25, 0.3) is 0 Å². The van der Waals surface area contributed by atoms with Crippen LogP contribution in [0.4, 0.5) is 0 Å². The normalized spacial score (nSPS) is 11.6. The van der Waals surface area contributed by atoms with Crippen LogP contribution in [0.15, 0.2) is 48.5 Å². The quantitative estimate of drug-likeness (QED) is 0.108. The topological polar surface area (TPSA) is 61.8 Å². The fraction of sp³-hybridized carbons (Fsp3) is 0.562. The van der Waals surface area contributed by atoms with E-state index in [1.54, 1.807) is 12.1 Å². The van der Waals surface area contributed by atoms with E-state index in [2.05, 4.69) is 6.92 Å². The molecule has 0 spiro atoms. The molecule has 0 heterocycles. The second-order valence-electron chi connectivity index (χ2n) is 9.77. The molecule has 5 heteroatoms. The van der Waals surface area contributed by atoms with Crippen molar-refractivity contribution in [1.29, 1.82) is 0 Å². The summed E-state index contributed by atoms with van der Waals surface area (Å²) in [5, 5.41) is 0. The molecule has 2 aromatic rings. The molecule has 0 amide bonds. The second kappa shape index (κ2) is 18.4. The summed E-state index contributed by atoms with van der Waals surface area (Å²) in [7, 11) is 0. The lowest BCUT2D eigenvalue weighted by atomic mass is 10.1. The van der Waals surface area contributed by atoms with Crippen molar-refractivity contribution < 1.29 is 23.8 Å². The number of carbonyl (C=O) groups excluding carboxylic acids is 2. The van der Waals surface area contributed by atoms with Gasteiger partial charge in [-0.15, -0.1) is 0 Å². The molecule has 0 aromatic heterocycles. The Labute approximate surface area is 223 Å². The number of ether oxygens (including phenoxy) is 3. The molecular formula is C32H46O5. The van der Waals surface area contributed by atoms with Crippen LogP contribution in [0.2, 0.25) is 0 Å². The van der Waals surface area contributed by atoms with Crippen molar-refractivity contribution in [2.45, 2.75) is 97.8 Å². The number of benzene rings is 2. The van der Waals surface area contributed by atoms with Crippen LogP contribution < -0.4 is 9.47 Å². The summed E-state index contributed by atoms with van der Waals surface area (Å²) in [4.78, 5) is 23.9. The van der Waals surface area contributed by atoms with Crippen LogP contribution in [0.5, 0.6) is 11.5 Å². The monoisotopic (exact) mass is 510 g/mol. The molecule has 2 rings (SSSR count). The van der Waals surface area contributed by atoms with Gasteiger partial charge >= 0.3 is 11.9 Å². The minimum atomic E-state index is -0.363. The van der Waals surface area contributed by atoms with E-state index in [0.717, 1.165) is 37.9 Å². The first kappa shape index (κ1) is 30.4. The number of unbranched alkanes of at least 4 members (excludes halogenated alkanes) is 9. The fourth-order valence-corrected chi connectivity index (χ4v) is 3.94. The van der Waals surface area contributed by atoms with Gasteiger partial charge in [0.05, 0.1) is 24.7 Å². The molecule has 0 fully saturated rings. The summed E-state index contributed by atoms with van der Waals surface area (Å²) in [6.07, 6.45) is 13.7. The smallest absolute Gasteiger partial charge is 0.343 e. The highest BCUT2D eigenvalue weighted by Crippen LogP contribution is 2.18. The highest BCUT2D eigenvalue weighted by atomic mass is 16.5. The van der Waals surface area contributed by atoms with Gasteiger partial charge in [-0.25, -0.2) is 4.79 Å². The first-order chi connectivity index (χ1) is 18.0. The molecule has 204 valence electrons. The summed E-state index contributed by atoms with van der Waals surface area (Å²) in [5.41, 5.74) is 1.72. The van der Waals surface area contributed by atoms with E-state index in [9.17, 15) is 9.59 Å². The van der Waals surface area contributed by atoms with Crippen LogP contribution in [0.1, 0.15) is 107 Å². The average molecular weight is 511 g/mol. The van der Waals surface area contributed by atoms with Crippen LogP contribution in [0.3, 0.4) is 0 Å². The van der Waals surface area contributed by atoms with E-state index in [-0.39, 0.29) is 17.9 Å². The van der Waals surface area contributed by atoms with Crippen LogP contribution in [-0.4, -0.2) is 25.2 Å². The largest absolute Gasteiger partial charge is 0.494 e. The van der Waals surface area contributed by atoms with Crippen LogP contribution in [-0.2, 0) is 16.0 Å². The third-order valence-corrected chi connectivity index (χ3v) is 6.70. The predicted molar refractivity (Wildman–Crippen MR) is 149 cm³/mol. The highest BCUT2D eigenvalue weighted by molar-refractivity contribution is 5.91. The predicted octanol–water partition coefficient (Wildman–Crippen LogP) is 8.34. The molecule has 0 saturated heterocycles. The molecule has 1 unspecified atom stereocenters. The van der Waals surface area contributed by atoms with Crippen molar-refractivity contribution in [3.05, 3.63) is 59.7 Å². The van der Waals surface area contributed by atoms with Gasteiger partial charge in [-0.2, -0.15) is 0 Å². The summed E-state index contributed by atoms with van der Waals surface area (Å²) >= 11 is 0. The van der Waals surface area contributed by atoms with E-state index >= 15 is 0 Å². The van der Waals surface area contributed by atoms with Crippen molar-refractivity contribution >= 4 is 11.9 Å². The first-order valence-electron chi connectivity index (χ1n) is 14.2. The van der Waals surface area contributed by atoms with Crippen molar-refractivity contribution in [3.8, 4) is 11.5 Å². The Hall–Kier alpha value is -2.82. The number of hydrogen-bond acceptors (Lipinski definition) is 5. The Morgan fingerprint density at radius 2 is 1.19 bits per heavy atom. The standard InChI is InChI=1S/C32H46O5/c1-4-26(3)31(33)36-25-15-13-11-9-7-6-8-10-12-14-24-35-29-22-18-28(19-23-29)32(34)37-30-20-16-27(5-2)17-21-30/h16-23,26H,4-15,24-25H2,1-3H3. The summed E-state index contributed by atoms with van der Waals surface area (Å²) in [6, 6.07) is 14.7. The zero-order valence-corrected chi connectivity index (χ0v) is 23.1. The lowest BCUT2D eigenvalue weighted by Crippen LogP contribution is -2.14. The van der Waals surface area contributed by atoms with E-state index < -0.39 is 0 Å². The SMILES string of the molecule is CCc1ccc(OC(=O)c2ccc(OCCCCCCCCCCCCOC(=O)C(C)CC)cc2)cc1. The van der Waals surface area contributed by atoms with Gasteiger partial charge in [0, 0.05) is 0 Å². The minimum absolute atomic E-state index is 0.0188. The van der Waals surface area contributed by atoms with Gasteiger partial charge in [-0.1, -0.05) is 84.3 Å². The second-order valence-corrected chi connectivity index (χ2v) is 9.77. The Kier molecular flexibility index (Phi) is 15.1. The average Bonchev–Trinajstić information content (AvgIpc) is 2.93. The number of carbonyl (C=O) groups is 2. The van der Waals surface area contributed by atoms with Crippen LogP contribution >= 0.6 is 0 Å². The van der Waals surface area contributed by atoms with Crippen molar-refractivity contribution in [2.75, 3.05) is 13.2 Å². The Morgan fingerprint density at radius 1 is 0.676 bits per heavy atom. The van der Waals surface area contributed by atoms with Gasteiger partial charge in [0.2, 0.25) is 0 Å². The lowest BCUT2D eigenvalue weighted by Gasteiger charge is -2.09. The van der Waals surface area contributed by atoms with E-state index in [1.165, 1.54) is 50.5 Å². The van der Waals surface area contributed by atoms with Gasteiger partial charge < -0.3 is 14.2 Å². The third-order valence-electron chi connectivity index (χ3n) is 6.70. The molecule has 0 aliphatic carbocycles. The maximum absolute atomic E-state index is 12.3. The molecule has 0 bridgehead atoms. The van der Waals surface area contributed by atoms with Gasteiger partial charge in [0.25, 0.3) is 0 Å². The lowest BCUT2D eigenvalue weighted by molar-refractivity contribution is -0.148. The van der Waals surface area contributed by atoms with E-state index in [1.807, 2.05) is 50.2 Å². The van der Waals surface area contributed by atoms with Gasteiger partial charge in [-0.3, -0.25) is 4.79 Å². The number of rotatable bonds is 19. The summed E-state index contributed by atoms with van der Waals surface area (Å²) in [6.45, 7) is 7.28. The number of aryl methyl sites for hydroxylation is 1. The third kappa shape index (κ3) is 12.8. The molecule has 1 atom stereocenters. The van der Waals surface area contributed by atoms with Crippen molar-refractivity contribution in [1.82, 2.24) is 0 Å². The van der Waals surface area contributed by atoms with Crippen molar-refractivity contribution in [2.24, 2.45) is 5.92 Å². The van der Waals surface area contributed by atoms with E-state index in [0.29, 0.717) is 24.5 Å².